The van der Waals surface area contributed by atoms with Gasteiger partial charge in [0, 0.05) is 24.6 Å². The highest BCUT2D eigenvalue weighted by Gasteiger charge is 2.20. The maximum Gasteiger partial charge on any atom is 0.308 e. The first-order valence-corrected chi connectivity index (χ1v) is 7.61. The molecule has 4 nitrogen and oxygen atoms in total. The first-order valence-electron chi connectivity index (χ1n) is 5.85. The van der Waals surface area contributed by atoms with Crippen LogP contribution in [0.1, 0.15) is 13.8 Å². The molecule has 0 saturated carbocycles. The summed E-state index contributed by atoms with van der Waals surface area (Å²) in [6.45, 7) is 2.75. The van der Waals surface area contributed by atoms with Gasteiger partial charge >= 0.3 is 11.9 Å². The minimum absolute atomic E-state index is 0.368. The van der Waals surface area contributed by atoms with Gasteiger partial charge in [0.2, 0.25) is 0 Å². The van der Waals surface area contributed by atoms with Crippen LogP contribution in [-0.2, 0) is 9.59 Å². The van der Waals surface area contributed by atoms with Gasteiger partial charge in [-0.1, -0.05) is 0 Å². The second-order valence-corrected chi connectivity index (χ2v) is 6.00. The molecule has 0 unspecified atom stereocenters. The predicted molar refractivity (Wildman–Crippen MR) is 79.8 cm³/mol. The van der Waals surface area contributed by atoms with Crippen molar-refractivity contribution in [2.45, 2.75) is 13.8 Å². The largest absolute Gasteiger partial charge is 0.424 e. The molecule has 0 atom stereocenters. The Kier molecular flexibility index (Phi) is 3.19. The van der Waals surface area contributed by atoms with Crippen LogP contribution in [0.25, 0.3) is 20.2 Å². The van der Waals surface area contributed by atoms with Gasteiger partial charge in [-0.3, -0.25) is 9.59 Å². The van der Waals surface area contributed by atoms with E-state index in [0.717, 1.165) is 20.2 Å². The topological polar surface area (TPSA) is 52.6 Å². The van der Waals surface area contributed by atoms with Gasteiger partial charge in [0.05, 0.1) is 9.40 Å². The Morgan fingerprint density at radius 2 is 1.25 bits per heavy atom. The van der Waals surface area contributed by atoms with Crippen LogP contribution in [0.3, 0.4) is 0 Å². The van der Waals surface area contributed by atoms with Crippen molar-refractivity contribution in [2.75, 3.05) is 0 Å². The van der Waals surface area contributed by atoms with E-state index in [2.05, 4.69) is 0 Å². The van der Waals surface area contributed by atoms with E-state index < -0.39 is 0 Å². The Labute approximate surface area is 122 Å². The molecule has 102 valence electrons. The smallest absolute Gasteiger partial charge is 0.308 e. The Hall–Kier alpha value is -1.92. The minimum Gasteiger partial charge on any atom is -0.424 e. The molecule has 2 heterocycles. The van der Waals surface area contributed by atoms with Crippen molar-refractivity contribution in [3.05, 3.63) is 22.9 Å². The lowest BCUT2D eigenvalue weighted by Gasteiger charge is -2.10. The zero-order valence-electron chi connectivity index (χ0n) is 10.8. The van der Waals surface area contributed by atoms with Gasteiger partial charge in [-0.2, -0.15) is 0 Å². The van der Waals surface area contributed by atoms with E-state index in [0.29, 0.717) is 11.5 Å². The summed E-state index contributed by atoms with van der Waals surface area (Å²) in [5.41, 5.74) is 0. The fourth-order valence-electron chi connectivity index (χ4n) is 2.06. The molecule has 0 bridgehead atoms. The zero-order chi connectivity index (χ0) is 14.3. The molecule has 20 heavy (non-hydrogen) atoms. The molecule has 0 N–H and O–H groups in total. The van der Waals surface area contributed by atoms with Crippen molar-refractivity contribution in [2.24, 2.45) is 0 Å². The molecule has 0 aliphatic heterocycles. The summed E-state index contributed by atoms with van der Waals surface area (Å²) < 4.78 is 12.3. The molecule has 1 aromatic carbocycles. The second-order valence-electron chi connectivity index (χ2n) is 4.17. The van der Waals surface area contributed by atoms with Crippen LogP contribution in [0.15, 0.2) is 22.9 Å². The van der Waals surface area contributed by atoms with Gasteiger partial charge in [0.1, 0.15) is 0 Å². The van der Waals surface area contributed by atoms with Crippen molar-refractivity contribution in [3.63, 3.8) is 0 Å². The van der Waals surface area contributed by atoms with Gasteiger partial charge in [-0.05, 0) is 22.9 Å². The second kappa shape index (κ2) is 4.88. The molecule has 0 spiro atoms. The van der Waals surface area contributed by atoms with E-state index in [-0.39, 0.29) is 11.9 Å². The zero-order valence-corrected chi connectivity index (χ0v) is 12.4. The fourth-order valence-corrected chi connectivity index (χ4v) is 3.84. The van der Waals surface area contributed by atoms with E-state index in [4.69, 9.17) is 9.47 Å². The quantitative estimate of drug-likeness (QED) is 0.531. The van der Waals surface area contributed by atoms with Crippen LogP contribution in [0.2, 0.25) is 0 Å². The number of hydrogen-bond acceptors (Lipinski definition) is 6. The number of esters is 2. The minimum atomic E-state index is -0.368. The third-order valence-corrected chi connectivity index (χ3v) is 4.55. The summed E-state index contributed by atoms with van der Waals surface area (Å²) in [7, 11) is 0. The van der Waals surface area contributed by atoms with Gasteiger partial charge in [0.25, 0.3) is 0 Å². The van der Waals surface area contributed by atoms with E-state index in [1.807, 2.05) is 22.9 Å². The highest BCUT2D eigenvalue weighted by Crippen LogP contribution is 2.47. The summed E-state index contributed by atoms with van der Waals surface area (Å²) in [5, 5.41) is 5.34. The molecule has 0 fully saturated rings. The third kappa shape index (κ3) is 2.07. The summed E-state index contributed by atoms with van der Waals surface area (Å²) in [4.78, 5) is 22.6. The highest BCUT2D eigenvalue weighted by atomic mass is 32.1. The summed E-state index contributed by atoms with van der Waals surface area (Å²) in [6.07, 6.45) is 0. The summed E-state index contributed by atoms with van der Waals surface area (Å²) in [6, 6.07) is 3.73. The number of fused-ring (bicyclic) bond motifs is 2. The summed E-state index contributed by atoms with van der Waals surface area (Å²) >= 11 is 2.90. The molecule has 3 aromatic rings. The molecule has 0 radical (unpaired) electrons. The maximum atomic E-state index is 11.3. The summed E-state index contributed by atoms with van der Waals surface area (Å²) in [5.74, 6) is 0.337. The molecule has 0 saturated heterocycles. The normalized spacial score (nSPS) is 10.9. The third-order valence-electron chi connectivity index (χ3n) is 2.72. The number of thiophene rings is 2. The predicted octanol–water partition coefficient (Wildman–Crippen LogP) is 3.97. The monoisotopic (exact) mass is 306 g/mol. The van der Waals surface area contributed by atoms with Crippen molar-refractivity contribution in [3.8, 4) is 11.5 Å². The average Bonchev–Trinajstić information content (AvgIpc) is 3.01. The lowest BCUT2D eigenvalue weighted by atomic mass is 10.1. The Bertz CT molecular complexity index is 712. The van der Waals surface area contributed by atoms with Crippen molar-refractivity contribution in [1.82, 2.24) is 0 Å². The number of carbonyl (C=O) groups is 2. The van der Waals surface area contributed by atoms with Crippen LogP contribution < -0.4 is 9.47 Å². The van der Waals surface area contributed by atoms with Crippen LogP contribution in [0.5, 0.6) is 11.5 Å². The van der Waals surface area contributed by atoms with E-state index in [9.17, 15) is 9.59 Å². The number of ether oxygens (including phenoxy) is 2. The maximum absolute atomic E-state index is 11.3. The first-order chi connectivity index (χ1) is 9.58. The van der Waals surface area contributed by atoms with E-state index in [1.54, 1.807) is 0 Å². The molecular formula is C14H10O4S2. The first kappa shape index (κ1) is 13.1. The SMILES string of the molecule is CC(=O)Oc1c2ccsc2c(OC(C)=O)c2ccsc12. The number of hydrogen-bond donors (Lipinski definition) is 0. The standard InChI is InChI=1S/C14H10O4S2/c1-7(15)17-11-9-3-5-20-14(9)12(18-8(2)16)10-4-6-19-13(10)11/h3-6H,1-2H3. The lowest BCUT2D eigenvalue weighted by Crippen LogP contribution is -2.04. The number of benzene rings is 1. The van der Waals surface area contributed by atoms with E-state index in [1.165, 1.54) is 36.5 Å². The Morgan fingerprint density at radius 3 is 1.60 bits per heavy atom. The number of carbonyl (C=O) groups excluding carboxylic acids is 2. The number of rotatable bonds is 2. The van der Waals surface area contributed by atoms with E-state index >= 15 is 0 Å². The van der Waals surface area contributed by atoms with Crippen LogP contribution in [0.4, 0.5) is 0 Å². The average molecular weight is 306 g/mol. The molecule has 2 aromatic heterocycles. The van der Waals surface area contributed by atoms with Gasteiger partial charge in [0.15, 0.2) is 11.5 Å². The molecular weight excluding hydrogens is 296 g/mol. The molecule has 3 rings (SSSR count). The lowest BCUT2D eigenvalue weighted by molar-refractivity contribution is -0.132. The van der Waals surface area contributed by atoms with Crippen LogP contribution in [0, 0.1) is 0 Å². The van der Waals surface area contributed by atoms with Crippen molar-refractivity contribution in [1.29, 1.82) is 0 Å². The molecule has 0 aliphatic carbocycles. The van der Waals surface area contributed by atoms with Gasteiger partial charge in [-0.15, -0.1) is 22.7 Å². The van der Waals surface area contributed by atoms with Crippen LogP contribution in [-0.4, -0.2) is 11.9 Å². The van der Waals surface area contributed by atoms with Gasteiger partial charge in [-0.25, -0.2) is 0 Å². The molecule has 6 heteroatoms. The van der Waals surface area contributed by atoms with Crippen molar-refractivity contribution < 1.29 is 19.1 Å². The highest BCUT2D eigenvalue weighted by molar-refractivity contribution is 7.19. The molecule has 0 amide bonds. The van der Waals surface area contributed by atoms with Crippen LogP contribution >= 0.6 is 22.7 Å². The fraction of sp³-hybridized carbons (Fsp3) is 0.143. The Morgan fingerprint density at radius 1 is 0.850 bits per heavy atom. The van der Waals surface area contributed by atoms with Gasteiger partial charge < -0.3 is 9.47 Å². The molecule has 0 aliphatic rings. The Balaban J connectivity index is 2.38. The van der Waals surface area contributed by atoms with Crippen molar-refractivity contribution >= 4 is 54.8 Å².